The van der Waals surface area contributed by atoms with Crippen molar-refractivity contribution in [2.45, 2.75) is 38.6 Å². The van der Waals surface area contributed by atoms with Gasteiger partial charge in [0.05, 0.1) is 11.7 Å². The molecule has 0 unspecified atom stereocenters. The maximum Gasteiger partial charge on any atom is 0.177 e. The number of nitrogens with zero attached hydrogens (tertiary/aromatic N) is 3. The molecule has 2 heterocycles. The summed E-state index contributed by atoms with van der Waals surface area (Å²) >= 11 is 0. The summed E-state index contributed by atoms with van der Waals surface area (Å²) in [6.45, 7) is 2.01. The number of phenolic OH excluding ortho intramolecular Hbond substituents is 1. The first-order chi connectivity index (χ1) is 10.2. The summed E-state index contributed by atoms with van der Waals surface area (Å²) in [7, 11) is 0. The van der Waals surface area contributed by atoms with Gasteiger partial charge in [-0.25, -0.2) is 9.67 Å². The Morgan fingerprint density at radius 3 is 2.86 bits per heavy atom. The third-order valence-electron chi connectivity index (χ3n) is 4.31. The van der Waals surface area contributed by atoms with Gasteiger partial charge >= 0.3 is 0 Å². The number of aryl methyl sites for hydroxylation is 1. The van der Waals surface area contributed by atoms with Crippen molar-refractivity contribution in [1.29, 1.82) is 0 Å². The number of aromatic hydroxyl groups is 1. The Labute approximate surface area is 122 Å². The molecular formula is C16H18N4O. The van der Waals surface area contributed by atoms with E-state index in [4.69, 9.17) is 4.98 Å². The molecule has 0 amide bonds. The summed E-state index contributed by atoms with van der Waals surface area (Å²) in [6, 6.07) is 7.63. The Morgan fingerprint density at radius 2 is 2.10 bits per heavy atom. The topological polar surface area (TPSA) is 66.7 Å². The Balaban J connectivity index is 1.84. The van der Waals surface area contributed by atoms with Gasteiger partial charge in [-0.05, 0) is 31.9 Å². The van der Waals surface area contributed by atoms with Gasteiger partial charge < -0.3 is 10.1 Å². The van der Waals surface area contributed by atoms with E-state index in [1.807, 2.05) is 19.1 Å². The molecule has 1 saturated carbocycles. The summed E-state index contributed by atoms with van der Waals surface area (Å²) < 4.78 is 2.08. The molecular weight excluding hydrogens is 264 g/mol. The number of hydrogen-bond donors (Lipinski definition) is 2. The first kappa shape index (κ1) is 12.4. The fourth-order valence-corrected chi connectivity index (χ4v) is 3.23. The number of hydrogen-bond acceptors (Lipinski definition) is 3. The van der Waals surface area contributed by atoms with Gasteiger partial charge in [0.15, 0.2) is 5.65 Å². The van der Waals surface area contributed by atoms with Gasteiger partial charge in [-0.2, -0.15) is 5.10 Å². The molecule has 2 N–H and O–H groups in total. The van der Waals surface area contributed by atoms with Crippen molar-refractivity contribution in [3.63, 3.8) is 0 Å². The van der Waals surface area contributed by atoms with Crippen molar-refractivity contribution in [3.8, 4) is 17.1 Å². The van der Waals surface area contributed by atoms with E-state index in [9.17, 15) is 5.11 Å². The summed E-state index contributed by atoms with van der Waals surface area (Å²) in [5.74, 6) is 1.04. The molecule has 3 aromatic rings. The molecule has 1 aromatic carbocycles. The van der Waals surface area contributed by atoms with Crippen molar-refractivity contribution < 1.29 is 5.11 Å². The van der Waals surface area contributed by atoms with E-state index < -0.39 is 0 Å². The molecule has 0 spiro atoms. The van der Waals surface area contributed by atoms with Crippen LogP contribution in [0.2, 0.25) is 0 Å². The molecule has 0 saturated heterocycles. The fourth-order valence-electron chi connectivity index (χ4n) is 3.23. The van der Waals surface area contributed by atoms with Crippen molar-refractivity contribution in [3.05, 3.63) is 30.0 Å². The predicted octanol–water partition coefficient (Wildman–Crippen LogP) is 3.56. The van der Waals surface area contributed by atoms with Crippen LogP contribution in [0.25, 0.3) is 22.6 Å². The van der Waals surface area contributed by atoms with Crippen LogP contribution in [0.1, 0.15) is 37.4 Å². The molecule has 2 aromatic heterocycles. The zero-order chi connectivity index (χ0) is 14.4. The van der Waals surface area contributed by atoms with Crippen molar-refractivity contribution in [2.24, 2.45) is 0 Å². The number of benzene rings is 1. The number of phenols is 1. The number of fused-ring (bicyclic) bond motifs is 1. The SMILES string of the molecule is Cc1nn(C2CCCC2)c2nc(-c3cccc(O)c3)[nH]c12. The summed E-state index contributed by atoms with van der Waals surface area (Å²) in [4.78, 5) is 8.07. The molecule has 108 valence electrons. The number of H-pyrrole nitrogens is 1. The van der Waals surface area contributed by atoms with Crippen molar-refractivity contribution >= 4 is 11.2 Å². The lowest BCUT2D eigenvalue weighted by atomic mass is 10.2. The van der Waals surface area contributed by atoms with Crippen LogP contribution in [0.4, 0.5) is 0 Å². The van der Waals surface area contributed by atoms with Gasteiger partial charge in [-0.15, -0.1) is 0 Å². The van der Waals surface area contributed by atoms with E-state index in [0.717, 1.165) is 28.2 Å². The Morgan fingerprint density at radius 1 is 1.29 bits per heavy atom. The highest BCUT2D eigenvalue weighted by Gasteiger charge is 2.23. The average Bonchev–Trinajstić information content (AvgIpc) is 3.17. The molecule has 4 rings (SSSR count). The Bertz CT molecular complexity index is 796. The predicted molar refractivity (Wildman–Crippen MR) is 81.2 cm³/mol. The van der Waals surface area contributed by atoms with Crippen LogP contribution in [-0.2, 0) is 0 Å². The average molecular weight is 282 g/mol. The summed E-state index contributed by atoms with van der Waals surface area (Å²) in [5.41, 5.74) is 3.80. The minimum absolute atomic E-state index is 0.252. The van der Waals surface area contributed by atoms with Gasteiger partial charge in [-0.1, -0.05) is 25.0 Å². The summed E-state index contributed by atoms with van der Waals surface area (Å²) in [6.07, 6.45) is 4.92. The van der Waals surface area contributed by atoms with Gasteiger partial charge in [-0.3, -0.25) is 0 Å². The van der Waals surface area contributed by atoms with Crippen LogP contribution in [0.15, 0.2) is 24.3 Å². The highest BCUT2D eigenvalue weighted by atomic mass is 16.3. The zero-order valence-corrected chi connectivity index (χ0v) is 12.0. The standard InChI is InChI=1S/C16H18N4O/c1-10-14-16(20(19-10)12-6-2-3-7-12)18-15(17-14)11-5-4-8-13(21)9-11/h4-5,8-9,12,21H,2-3,6-7H2,1H3,(H,17,18). The molecule has 1 fully saturated rings. The second kappa shape index (κ2) is 4.62. The molecule has 1 aliphatic carbocycles. The highest BCUT2D eigenvalue weighted by molar-refractivity contribution is 5.79. The second-order valence-corrected chi connectivity index (χ2v) is 5.80. The van der Waals surface area contributed by atoms with Crippen molar-refractivity contribution in [1.82, 2.24) is 19.7 Å². The quantitative estimate of drug-likeness (QED) is 0.755. The minimum atomic E-state index is 0.252. The van der Waals surface area contributed by atoms with Gasteiger partial charge in [0, 0.05) is 5.56 Å². The number of rotatable bonds is 2. The van der Waals surface area contributed by atoms with Crippen LogP contribution < -0.4 is 0 Å². The Hall–Kier alpha value is -2.30. The third kappa shape index (κ3) is 2.00. The van der Waals surface area contributed by atoms with Crippen LogP contribution in [0.5, 0.6) is 5.75 Å². The molecule has 5 nitrogen and oxygen atoms in total. The van der Waals surface area contributed by atoms with E-state index in [2.05, 4.69) is 14.8 Å². The second-order valence-electron chi connectivity index (χ2n) is 5.80. The monoisotopic (exact) mass is 282 g/mol. The summed E-state index contributed by atoms with van der Waals surface area (Å²) in [5, 5.41) is 14.3. The first-order valence-corrected chi connectivity index (χ1v) is 7.46. The highest BCUT2D eigenvalue weighted by Crippen LogP contribution is 2.33. The van der Waals surface area contributed by atoms with E-state index in [1.54, 1.807) is 12.1 Å². The third-order valence-corrected chi connectivity index (χ3v) is 4.31. The molecule has 0 radical (unpaired) electrons. The van der Waals surface area contributed by atoms with Gasteiger partial charge in [0.25, 0.3) is 0 Å². The maximum absolute atomic E-state index is 9.62. The van der Waals surface area contributed by atoms with Crippen LogP contribution >= 0.6 is 0 Å². The van der Waals surface area contributed by atoms with Crippen LogP contribution in [0, 0.1) is 6.92 Å². The van der Waals surface area contributed by atoms with E-state index in [0.29, 0.717) is 6.04 Å². The smallest absolute Gasteiger partial charge is 0.177 e. The van der Waals surface area contributed by atoms with Crippen molar-refractivity contribution in [2.75, 3.05) is 0 Å². The van der Waals surface area contributed by atoms with Crippen LogP contribution in [0.3, 0.4) is 0 Å². The molecule has 21 heavy (non-hydrogen) atoms. The maximum atomic E-state index is 9.62. The Kier molecular flexibility index (Phi) is 2.74. The number of imidazole rings is 1. The zero-order valence-electron chi connectivity index (χ0n) is 12.0. The minimum Gasteiger partial charge on any atom is -0.508 e. The van der Waals surface area contributed by atoms with Crippen LogP contribution in [-0.4, -0.2) is 24.9 Å². The molecule has 5 heteroatoms. The molecule has 0 aliphatic heterocycles. The lowest BCUT2D eigenvalue weighted by molar-refractivity contribution is 0.475. The largest absolute Gasteiger partial charge is 0.508 e. The molecule has 0 atom stereocenters. The normalized spacial score (nSPS) is 16.0. The number of aromatic amines is 1. The van der Waals surface area contributed by atoms with E-state index in [1.165, 1.54) is 25.7 Å². The lowest BCUT2D eigenvalue weighted by Gasteiger charge is -2.09. The fraction of sp³-hybridized carbons (Fsp3) is 0.375. The lowest BCUT2D eigenvalue weighted by Crippen LogP contribution is -2.07. The number of nitrogens with one attached hydrogen (secondary N) is 1. The number of aromatic nitrogens is 4. The molecule has 0 bridgehead atoms. The van der Waals surface area contributed by atoms with Gasteiger partial charge in [0.2, 0.25) is 0 Å². The van der Waals surface area contributed by atoms with E-state index >= 15 is 0 Å². The van der Waals surface area contributed by atoms with Gasteiger partial charge in [0.1, 0.15) is 17.1 Å². The first-order valence-electron chi connectivity index (χ1n) is 7.46. The van der Waals surface area contributed by atoms with E-state index in [-0.39, 0.29) is 5.75 Å². The molecule has 1 aliphatic rings.